The van der Waals surface area contributed by atoms with Crippen LogP contribution in [0.25, 0.3) is 0 Å². The lowest BCUT2D eigenvalue weighted by molar-refractivity contribution is -0.116. The molecule has 1 amide bonds. The Hall–Kier alpha value is -2.20. The molecule has 1 heterocycles. The molecule has 0 aromatic heterocycles. The summed E-state index contributed by atoms with van der Waals surface area (Å²) in [5.41, 5.74) is 2.39. The third kappa shape index (κ3) is 2.18. The van der Waals surface area contributed by atoms with Crippen molar-refractivity contribution in [1.82, 2.24) is 0 Å². The Morgan fingerprint density at radius 2 is 2.05 bits per heavy atom. The van der Waals surface area contributed by atoms with Crippen molar-refractivity contribution < 1.29 is 9.53 Å². The normalized spacial score (nSPS) is 16.5. The molecule has 0 spiro atoms. The van der Waals surface area contributed by atoms with E-state index in [0.29, 0.717) is 10.8 Å². The predicted molar refractivity (Wildman–Crippen MR) is 79.4 cm³/mol. The van der Waals surface area contributed by atoms with Gasteiger partial charge in [0.05, 0.1) is 12.8 Å². The smallest absolute Gasteiger partial charge is 0.251 e. The van der Waals surface area contributed by atoms with Gasteiger partial charge in [-0.05, 0) is 30.3 Å². The van der Waals surface area contributed by atoms with Crippen LogP contribution in [-0.2, 0) is 4.79 Å². The van der Waals surface area contributed by atoms with Gasteiger partial charge in [0.1, 0.15) is 11.8 Å². The first-order valence-electron chi connectivity index (χ1n) is 6.19. The zero-order chi connectivity index (χ0) is 14.1. The minimum atomic E-state index is -0.472. The maximum absolute atomic E-state index is 12.1. The van der Waals surface area contributed by atoms with Crippen molar-refractivity contribution in [3.8, 4) is 5.75 Å². The van der Waals surface area contributed by atoms with Gasteiger partial charge in [-0.2, -0.15) is 0 Å². The highest BCUT2D eigenvalue weighted by molar-refractivity contribution is 6.31. The molecule has 0 radical (unpaired) electrons. The molecule has 1 atom stereocenters. The van der Waals surface area contributed by atoms with Crippen molar-refractivity contribution in [3.63, 3.8) is 0 Å². The Morgan fingerprint density at radius 1 is 1.25 bits per heavy atom. The number of fused-ring (bicyclic) bond motifs is 1. The van der Waals surface area contributed by atoms with Gasteiger partial charge >= 0.3 is 0 Å². The number of benzene rings is 2. The zero-order valence-electron chi connectivity index (χ0n) is 10.8. The highest BCUT2D eigenvalue weighted by Gasteiger charge is 2.31. The Balaban J connectivity index is 1.96. The van der Waals surface area contributed by atoms with Gasteiger partial charge in [-0.1, -0.05) is 23.7 Å². The second kappa shape index (κ2) is 5.06. The summed E-state index contributed by atoms with van der Waals surface area (Å²) in [6.45, 7) is 0. The number of amides is 1. The number of para-hydroxylation sites is 2. The number of carbonyl (C=O) groups is 1. The molecule has 5 heteroatoms. The van der Waals surface area contributed by atoms with Crippen LogP contribution in [0.2, 0.25) is 5.02 Å². The van der Waals surface area contributed by atoms with E-state index in [1.165, 1.54) is 0 Å². The quantitative estimate of drug-likeness (QED) is 0.909. The van der Waals surface area contributed by atoms with E-state index in [2.05, 4.69) is 10.6 Å². The van der Waals surface area contributed by atoms with E-state index in [9.17, 15) is 4.79 Å². The summed E-state index contributed by atoms with van der Waals surface area (Å²) in [5, 5.41) is 6.63. The van der Waals surface area contributed by atoms with Gasteiger partial charge in [-0.3, -0.25) is 4.79 Å². The Kier molecular flexibility index (Phi) is 3.24. The van der Waals surface area contributed by atoms with Gasteiger partial charge in [0.2, 0.25) is 0 Å². The summed E-state index contributed by atoms with van der Waals surface area (Å²) in [7, 11) is 1.60. The number of hydrogen-bond donors (Lipinski definition) is 2. The molecule has 0 saturated carbocycles. The van der Waals surface area contributed by atoms with Crippen molar-refractivity contribution in [2.75, 3.05) is 17.7 Å². The van der Waals surface area contributed by atoms with Crippen LogP contribution in [0.1, 0.15) is 11.6 Å². The number of anilines is 2. The van der Waals surface area contributed by atoms with Crippen LogP contribution in [0.5, 0.6) is 5.75 Å². The molecule has 2 aromatic carbocycles. The van der Waals surface area contributed by atoms with E-state index >= 15 is 0 Å². The fraction of sp³-hybridized carbons (Fsp3) is 0.133. The first kappa shape index (κ1) is 12.8. The molecule has 1 unspecified atom stereocenters. The van der Waals surface area contributed by atoms with Crippen LogP contribution >= 0.6 is 11.6 Å². The first-order chi connectivity index (χ1) is 9.69. The summed E-state index contributed by atoms with van der Waals surface area (Å²) in [5.74, 6) is 0.587. The largest absolute Gasteiger partial charge is 0.495 e. The fourth-order valence-electron chi connectivity index (χ4n) is 2.30. The number of hydrogen-bond acceptors (Lipinski definition) is 3. The minimum absolute atomic E-state index is 0.104. The molecule has 4 nitrogen and oxygen atoms in total. The molecule has 3 rings (SSSR count). The maximum atomic E-state index is 12.1. The van der Waals surface area contributed by atoms with E-state index in [4.69, 9.17) is 16.3 Å². The van der Waals surface area contributed by atoms with Crippen molar-refractivity contribution >= 4 is 28.9 Å². The Morgan fingerprint density at radius 3 is 2.85 bits per heavy atom. The van der Waals surface area contributed by atoms with Crippen LogP contribution in [-0.4, -0.2) is 13.0 Å². The number of nitrogens with one attached hydrogen (secondary N) is 2. The fourth-order valence-corrected chi connectivity index (χ4v) is 2.48. The topological polar surface area (TPSA) is 50.4 Å². The van der Waals surface area contributed by atoms with Crippen molar-refractivity contribution in [2.45, 2.75) is 6.04 Å². The van der Waals surface area contributed by atoms with Crippen LogP contribution in [0, 0.1) is 0 Å². The molecule has 20 heavy (non-hydrogen) atoms. The molecule has 1 aliphatic heterocycles. The monoisotopic (exact) mass is 288 g/mol. The van der Waals surface area contributed by atoms with E-state index < -0.39 is 6.04 Å². The molecule has 0 saturated heterocycles. The molecule has 0 aliphatic carbocycles. The Bertz CT molecular complexity index is 673. The molecular weight excluding hydrogens is 276 g/mol. The van der Waals surface area contributed by atoms with Crippen molar-refractivity contribution in [3.05, 3.63) is 53.1 Å². The third-order valence-electron chi connectivity index (χ3n) is 3.25. The van der Waals surface area contributed by atoms with Gasteiger partial charge < -0.3 is 15.4 Å². The van der Waals surface area contributed by atoms with Crippen LogP contribution in [0.15, 0.2) is 42.5 Å². The van der Waals surface area contributed by atoms with Crippen LogP contribution < -0.4 is 15.4 Å². The molecule has 0 fully saturated rings. The summed E-state index contributed by atoms with van der Waals surface area (Å²) in [6.07, 6.45) is 0. The number of rotatable bonds is 3. The van der Waals surface area contributed by atoms with E-state index in [0.717, 1.165) is 16.9 Å². The average molecular weight is 289 g/mol. The second-order valence-corrected chi connectivity index (χ2v) is 4.93. The standard InChI is InChI=1S/C15H13ClN2O2/c1-20-13-5-3-2-4-12(13)17-14-10-8-9(16)6-7-11(10)18-15(14)19/h2-8,14,17H,1H3,(H,18,19). The summed E-state index contributed by atoms with van der Waals surface area (Å²) in [4.78, 5) is 12.1. The highest BCUT2D eigenvalue weighted by atomic mass is 35.5. The van der Waals surface area contributed by atoms with E-state index in [1.807, 2.05) is 24.3 Å². The molecule has 102 valence electrons. The van der Waals surface area contributed by atoms with E-state index in [1.54, 1.807) is 25.3 Å². The SMILES string of the molecule is COc1ccccc1NC1C(=O)Nc2ccc(Cl)cc21. The third-order valence-corrected chi connectivity index (χ3v) is 3.49. The predicted octanol–water partition coefficient (Wildman–Crippen LogP) is 3.45. The van der Waals surface area contributed by atoms with Gasteiger partial charge in [0.25, 0.3) is 5.91 Å². The second-order valence-electron chi connectivity index (χ2n) is 4.50. The summed E-state index contributed by atoms with van der Waals surface area (Å²) in [6, 6.07) is 12.4. The number of ether oxygens (including phenoxy) is 1. The number of methoxy groups -OCH3 is 1. The molecule has 1 aliphatic rings. The van der Waals surface area contributed by atoms with Gasteiger partial charge in [-0.15, -0.1) is 0 Å². The Labute approximate surface area is 121 Å². The lowest BCUT2D eigenvalue weighted by atomic mass is 10.1. The lowest BCUT2D eigenvalue weighted by Gasteiger charge is -2.15. The average Bonchev–Trinajstić information content (AvgIpc) is 2.76. The molecule has 2 N–H and O–H groups in total. The summed E-state index contributed by atoms with van der Waals surface area (Å²) < 4.78 is 5.28. The van der Waals surface area contributed by atoms with Crippen LogP contribution in [0.3, 0.4) is 0 Å². The first-order valence-corrected chi connectivity index (χ1v) is 6.56. The summed E-state index contributed by atoms with van der Waals surface area (Å²) >= 11 is 6.01. The van der Waals surface area contributed by atoms with Gasteiger partial charge in [0.15, 0.2) is 0 Å². The van der Waals surface area contributed by atoms with Gasteiger partial charge in [0, 0.05) is 16.3 Å². The molecular formula is C15H13ClN2O2. The van der Waals surface area contributed by atoms with E-state index in [-0.39, 0.29) is 5.91 Å². The van der Waals surface area contributed by atoms with Crippen molar-refractivity contribution in [2.24, 2.45) is 0 Å². The minimum Gasteiger partial charge on any atom is -0.495 e. The highest BCUT2D eigenvalue weighted by Crippen LogP contribution is 2.36. The zero-order valence-corrected chi connectivity index (χ0v) is 11.6. The van der Waals surface area contributed by atoms with Crippen LogP contribution in [0.4, 0.5) is 11.4 Å². The molecule has 0 bridgehead atoms. The molecule has 2 aromatic rings. The number of halogens is 1. The van der Waals surface area contributed by atoms with Gasteiger partial charge in [-0.25, -0.2) is 0 Å². The number of carbonyl (C=O) groups excluding carboxylic acids is 1. The maximum Gasteiger partial charge on any atom is 0.251 e. The lowest BCUT2D eigenvalue weighted by Crippen LogP contribution is -2.20. The van der Waals surface area contributed by atoms with Crippen molar-refractivity contribution in [1.29, 1.82) is 0 Å².